The maximum atomic E-state index is 13.4. The highest BCUT2D eigenvalue weighted by molar-refractivity contribution is 9.09. The average molecular weight is 364 g/mol. The maximum Gasteiger partial charge on any atom is 0.123 e. The SMILES string of the molecule is COc1ccc(F)cc1C(Br)c1ccc(Cl)cc1Cl. The smallest absolute Gasteiger partial charge is 0.123 e. The van der Waals surface area contributed by atoms with Crippen LogP contribution in [0.1, 0.15) is 16.0 Å². The zero-order valence-electron chi connectivity index (χ0n) is 9.96. The summed E-state index contributed by atoms with van der Waals surface area (Å²) in [4.78, 5) is -0.275. The molecule has 0 aliphatic rings. The number of hydrogen-bond donors (Lipinski definition) is 0. The van der Waals surface area contributed by atoms with Gasteiger partial charge in [0, 0.05) is 15.6 Å². The minimum atomic E-state index is -0.328. The summed E-state index contributed by atoms with van der Waals surface area (Å²) in [5, 5.41) is 1.07. The number of ether oxygens (including phenoxy) is 1. The lowest BCUT2D eigenvalue weighted by Crippen LogP contribution is -1.98. The lowest BCUT2D eigenvalue weighted by Gasteiger charge is -2.16. The topological polar surface area (TPSA) is 9.23 Å². The molecule has 2 aromatic carbocycles. The van der Waals surface area contributed by atoms with E-state index in [1.54, 1.807) is 31.4 Å². The highest BCUT2D eigenvalue weighted by atomic mass is 79.9. The van der Waals surface area contributed by atoms with Crippen LogP contribution in [0.2, 0.25) is 10.0 Å². The molecule has 1 atom stereocenters. The molecule has 19 heavy (non-hydrogen) atoms. The number of alkyl halides is 1. The molecule has 0 amide bonds. The zero-order valence-corrected chi connectivity index (χ0v) is 13.1. The van der Waals surface area contributed by atoms with Crippen LogP contribution < -0.4 is 4.74 Å². The quantitative estimate of drug-likeness (QED) is 0.642. The molecule has 0 bridgehead atoms. The van der Waals surface area contributed by atoms with Crippen LogP contribution in [0.4, 0.5) is 4.39 Å². The van der Waals surface area contributed by atoms with E-state index in [2.05, 4.69) is 15.9 Å². The third kappa shape index (κ3) is 3.22. The minimum Gasteiger partial charge on any atom is -0.496 e. The summed E-state index contributed by atoms with van der Waals surface area (Å²) in [6.45, 7) is 0. The summed E-state index contributed by atoms with van der Waals surface area (Å²) < 4.78 is 18.6. The first-order chi connectivity index (χ1) is 9.02. The summed E-state index contributed by atoms with van der Waals surface area (Å²) in [6, 6.07) is 9.55. The molecule has 2 aromatic rings. The van der Waals surface area contributed by atoms with Gasteiger partial charge in [0.05, 0.1) is 11.9 Å². The van der Waals surface area contributed by atoms with E-state index in [1.807, 2.05) is 0 Å². The van der Waals surface area contributed by atoms with E-state index < -0.39 is 0 Å². The monoisotopic (exact) mass is 362 g/mol. The minimum absolute atomic E-state index is 0.275. The van der Waals surface area contributed by atoms with Gasteiger partial charge in [-0.2, -0.15) is 0 Å². The molecule has 1 unspecified atom stereocenters. The molecule has 0 saturated carbocycles. The van der Waals surface area contributed by atoms with E-state index in [4.69, 9.17) is 27.9 Å². The summed E-state index contributed by atoms with van der Waals surface area (Å²) >= 11 is 15.5. The molecule has 0 aliphatic carbocycles. The molecule has 0 aromatic heterocycles. The van der Waals surface area contributed by atoms with Gasteiger partial charge in [0.1, 0.15) is 11.6 Å². The van der Waals surface area contributed by atoms with Crippen molar-refractivity contribution in [3.8, 4) is 5.75 Å². The Labute approximate surface area is 129 Å². The van der Waals surface area contributed by atoms with Crippen molar-refractivity contribution in [1.82, 2.24) is 0 Å². The Morgan fingerprint density at radius 3 is 2.47 bits per heavy atom. The van der Waals surface area contributed by atoms with Crippen molar-refractivity contribution in [3.63, 3.8) is 0 Å². The van der Waals surface area contributed by atoms with Crippen LogP contribution in [0.3, 0.4) is 0 Å². The van der Waals surface area contributed by atoms with Gasteiger partial charge in [-0.1, -0.05) is 45.2 Å². The first kappa shape index (κ1) is 14.6. The molecule has 100 valence electrons. The molecule has 2 rings (SSSR count). The molecule has 0 N–H and O–H groups in total. The van der Waals surface area contributed by atoms with Crippen LogP contribution in [-0.4, -0.2) is 7.11 Å². The molecular weight excluding hydrogens is 354 g/mol. The van der Waals surface area contributed by atoms with Crippen molar-refractivity contribution >= 4 is 39.1 Å². The van der Waals surface area contributed by atoms with Crippen LogP contribution in [-0.2, 0) is 0 Å². The number of benzene rings is 2. The lowest BCUT2D eigenvalue weighted by molar-refractivity contribution is 0.409. The van der Waals surface area contributed by atoms with Gasteiger partial charge in [0.25, 0.3) is 0 Å². The van der Waals surface area contributed by atoms with Crippen LogP contribution in [0.5, 0.6) is 5.75 Å². The van der Waals surface area contributed by atoms with Crippen molar-refractivity contribution in [1.29, 1.82) is 0 Å². The fraction of sp³-hybridized carbons (Fsp3) is 0.143. The van der Waals surface area contributed by atoms with Crippen molar-refractivity contribution in [2.75, 3.05) is 7.11 Å². The number of rotatable bonds is 3. The molecule has 0 saturated heterocycles. The van der Waals surface area contributed by atoms with Gasteiger partial charge in [-0.05, 0) is 35.9 Å². The summed E-state index contributed by atoms with van der Waals surface area (Å²) in [5.74, 6) is 0.264. The second-order valence-electron chi connectivity index (χ2n) is 3.91. The largest absolute Gasteiger partial charge is 0.496 e. The Hall–Kier alpha value is -0.770. The van der Waals surface area contributed by atoms with Crippen LogP contribution in [0.15, 0.2) is 36.4 Å². The highest BCUT2D eigenvalue weighted by Gasteiger charge is 2.18. The highest BCUT2D eigenvalue weighted by Crippen LogP contribution is 2.40. The normalized spacial score (nSPS) is 12.3. The van der Waals surface area contributed by atoms with Gasteiger partial charge in [0.15, 0.2) is 0 Å². The second-order valence-corrected chi connectivity index (χ2v) is 5.67. The lowest BCUT2D eigenvalue weighted by atomic mass is 10.0. The standard InChI is InChI=1S/C14H10BrCl2FO/c1-19-13-5-3-9(18)7-11(13)14(15)10-4-2-8(16)6-12(10)17/h2-7,14H,1H3. The van der Waals surface area contributed by atoms with E-state index >= 15 is 0 Å². The van der Waals surface area contributed by atoms with E-state index in [1.165, 1.54) is 12.1 Å². The summed E-state index contributed by atoms with van der Waals surface area (Å²) in [6.07, 6.45) is 0. The first-order valence-electron chi connectivity index (χ1n) is 5.45. The molecule has 1 nitrogen and oxygen atoms in total. The molecule has 0 fully saturated rings. The molecular formula is C14H10BrCl2FO. The Morgan fingerprint density at radius 2 is 1.84 bits per heavy atom. The third-order valence-electron chi connectivity index (χ3n) is 2.70. The predicted octanol–water partition coefficient (Wildman–Crippen LogP) is 5.63. The van der Waals surface area contributed by atoms with Gasteiger partial charge in [-0.25, -0.2) is 4.39 Å². The van der Waals surface area contributed by atoms with Crippen LogP contribution >= 0.6 is 39.1 Å². The van der Waals surface area contributed by atoms with E-state index in [0.717, 1.165) is 5.56 Å². The number of methoxy groups -OCH3 is 1. The Balaban J connectivity index is 2.49. The molecule has 0 radical (unpaired) electrons. The zero-order chi connectivity index (χ0) is 14.0. The Morgan fingerprint density at radius 1 is 1.11 bits per heavy atom. The molecule has 0 heterocycles. The van der Waals surface area contributed by atoms with Gasteiger partial charge >= 0.3 is 0 Å². The second kappa shape index (κ2) is 6.12. The summed E-state index contributed by atoms with van der Waals surface area (Å²) in [5.41, 5.74) is 1.47. The Kier molecular flexibility index (Phi) is 4.71. The third-order valence-corrected chi connectivity index (χ3v) is 4.25. The maximum absolute atomic E-state index is 13.4. The Bertz CT molecular complexity index is 604. The van der Waals surface area contributed by atoms with Crippen LogP contribution in [0, 0.1) is 5.82 Å². The van der Waals surface area contributed by atoms with Gasteiger partial charge in [0.2, 0.25) is 0 Å². The van der Waals surface area contributed by atoms with E-state index in [0.29, 0.717) is 21.4 Å². The van der Waals surface area contributed by atoms with Crippen molar-refractivity contribution in [3.05, 3.63) is 63.4 Å². The number of hydrogen-bond acceptors (Lipinski definition) is 1. The fourth-order valence-corrected chi connectivity index (χ4v) is 3.18. The first-order valence-corrected chi connectivity index (χ1v) is 7.12. The number of halogens is 4. The average Bonchev–Trinajstić information content (AvgIpc) is 2.38. The van der Waals surface area contributed by atoms with Crippen molar-refractivity contribution in [2.24, 2.45) is 0 Å². The van der Waals surface area contributed by atoms with Gasteiger partial charge in [-0.15, -0.1) is 0 Å². The van der Waals surface area contributed by atoms with Crippen molar-refractivity contribution < 1.29 is 9.13 Å². The fourth-order valence-electron chi connectivity index (χ4n) is 1.78. The molecule has 0 spiro atoms. The molecule has 5 heteroatoms. The van der Waals surface area contributed by atoms with Crippen molar-refractivity contribution in [2.45, 2.75) is 4.83 Å². The van der Waals surface area contributed by atoms with Gasteiger partial charge in [-0.3, -0.25) is 0 Å². The van der Waals surface area contributed by atoms with Crippen LogP contribution in [0.25, 0.3) is 0 Å². The summed E-state index contributed by atoms with van der Waals surface area (Å²) in [7, 11) is 1.54. The van der Waals surface area contributed by atoms with Gasteiger partial charge < -0.3 is 4.74 Å². The van der Waals surface area contributed by atoms with E-state index in [-0.39, 0.29) is 10.6 Å². The van der Waals surface area contributed by atoms with E-state index in [9.17, 15) is 4.39 Å². The predicted molar refractivity (Wildman–Crippen MR) is 80.2 cm³/mol. The molecule has 0 aliphatic heterocycles.